The second-order valence-corrected chi connectivity index (χ2v) is 16.9. The quantitative estimate of drug-likeness (QED) is 0.0265. The van der Waals surface area contributed by atoms with Crippen LogP contribution in [0.2, 0.25) is 0 Å². The highest BCUT2D eigenvalue weighted by atomic mass is 16.7. The summed E-state index contributed by atoms with van der Waals surface area (Å²) in [6.45, 7) is 3.74. The predicted octanol–water partition coefficient (Wildman–Crippen LogP) is 10.3. The van der Waals surface area contributed by atoms with Crippen LogP contribution in [0.5, 0.6) is 0 Å². The third-order valence-electron chi connectivity index (χ3n) is 11.6. The van der Waals surface area contributed by atoms with E-state index in [9.17, 15) is 30.3 Å². The van der Waals surface area contributed by atoms with Gasteiger partial charge in [-0.25, -0.2) is 0 Å². The van der Waals surface area contributed by atoms with Crippen LogP contribution < -0.4 is 5.32 Å². The number of allylic oxidation sites excluding steroid dienone is 4. The first-order valence-corrected chi connectivity index (χ1v) is 24.0. The second kappa shape index (κ2) is 38.8. The fourth-order valence-electron chi connectivity index (χ4n) is 7.73. The van der Waals surface area contributed by atoms with Gasteiger partial charge in [0.2, 0.25) is 5.91 Å². The zero-order chi connectivity index (χ0) is 41.6. The van der Waals surface area contributed by atoms with Gasteiger partial charge in [0.15, 0.2) is 6.29 Å². The van der Waals surface area contributed by atoms with Gasteiger partial charge in [0.05, 0.1) is 25.4 Å². The van der Waals surface area contributed by atoms with Gasteiger partial charge in [-0.1, -0.05) is 199 Å². The lowest BCUT2D eigenvalue weighted by Crippen LogP contribution is -2.60. The number of amides is 1. The highest BCUT2D eigenvalue weighted by Gasteiger charge is 2.44. The number of aliphatic hydroxyl groups excluding tert-OH is 5. The number of carbonyl (C=O) groups is 1. The Kier molecular flexibility index (Phi) is 36.6. The molecule has 0 bridgehead atoms. The molecule has 6 N–H and O–H groups in total. The minimum atomic E-state index is -1.55. The van der Waals surface area contributed by atoms with E-state index in [4.69, 9.17) is 9.47 Å². The van der Waals surface area contributed by atoms with Crippen molar-refractivity contribution < 1.29 is 39.8 Å². The monoisotopic (exact) mass is 810 g/mol. The summed E-state index contributed by atoms with van der Waals surface area (Å²) in [5.74, 6) is -0.144. The summed E-state index contributed by atoms with van der Waals surface area (Å²) in [5.41, 5.74) is 0. The molecule has 1 aliphatic heterocycles. The summed E-state index contributed by atoms with van der Waals surface area (Å²) < 4.78 is 11.3. The van der Waals surface area contributed by atoms with Gasteiger partial charge in [0.1, 0.15) is 24.4 Å². The van der Waals surface area contributed by atoms with Crippen molar-refractivity contribution in [1.29, 1.82) is 0 Å². The molecule has 0 aromatic carbocycles. The van der Waals surface area contributed by atoms with E-state index in [1.165, 1.54) is 141 Å². The summed E-state index contributed by atoms with van der Waals surface area (Å²) >= 11 is 0. The van der Waals surface area contributed by atoms with Crippen LogP contribution in [0.3, 0.4) is 0 Å². The van der Waals surface area contributed by atoms with E-state index in [-0.39, 0.29) is 12.5 Å². The molecule has 1 amide bonds. The standard InChI is InChI=1S/C48H91NO8/c1-3-5-7-9-11-13-15-17-18-19-20-21-22-23-24-26-28-30-32-34-36-38-44(52)49-41(40-56-48-47(55)46(54)45(53)43(39-50)57-48)42(51)37-35-33-31-29-27-25-16-14-12-10-8-6-4-2/h5,7,11,13,41-43,45-48,50-51,53-55H,3-4,6,8-10,12,14-40H2,1-2H3,(H,49,52)/b7-5-,13-11-. The molecule has 0 aromatic rings. The van der Waals surface area contributed by atoms with E-state index in [1.807, 2.05) is 0 Å². The van der Waals surface area contributed by atoms with Crippen molar-refractivity contribution in [3.63, 3.8) is 0 Å². The van der Waals surface area contributed by atoms with Crippen molar-refractivity contribution >= 4 is 5.91 Å². The molecular weight excluding hydrogens is 719 g/mol. The topological polar surface area (TPSA) is 149 Å². The van der Waals surface area contributed by atoms with Gasteiger partial charge in [-0.3, -0.25) is 4.79 Å². The molecule has 0 aromatic heterocycles. The maximum Gasteiger partial charge on any atom is 0.220 e. The average Bonchev–Trinajstić information content (AvgIpc) is 3.21. The Morgan fingerprint density at radius 2 is 1.09 bits per heavy atom. The molecule has 1 fully saturated rings. The molecule has 336 valence electrons. The second-order valence-electron chi connectivity index (χ2n) is 16.9. The van der Waals surface area contributed by atoms with E-state index in [0.29, 0.717) is 12.8 Å². The van der Waals surface area contributed by atoms with Gasteiger partial charge in [0.25, 0.3) is 0 Å². The summed E-state index contributed by atoms with van der Waals surface area (Å²) in [6.07, 6.45) is 39.0. The van der Waals surface area contributed by atoms with Crippen LogP contribution in [-0.4, -0.2) is 87.5 Å². The van der Waals surface area contributed by atoms with Crippen LogP contribution in [0.1, 0.15) is 219 Å². The molecule has 57 heavy (non-hydrogen) atoms. The van der Waals surface area contributed by atoms with Crippen molar-refractivity contribution in [3.05, 3.63) is 24.3 Å². The van der Waals surface area contributed by atoms with Crippen LogP contribution in [0.25, 0.3) is 0 Å². The van der Waals surface area contributed by atoms with Crippen molar-refractivity contribution in [2.45, 2.75) is 262 Å². The number of nitrogens with one attached hydrogen (secondary N) is 1. The number of aliphatic hydroxyl groups is 5. The molecule has 9 heteroatoms. The van der Waals surface area contributed by atoms with Crippen molar-refractivity contribution in [1.82, 2.24) is 5.32 Å². The fourth-order valence-corrected chi connectivity index (χ4v) is 7.73. The van der Waals surface area contributed by atoms with Crippen LogP contribution in [0.4, 0.5) is 0 Å². The third-order valence-corrected chi connectivity index (χ3v) is 11.6. The number of unbranched alkanes of at least 4 members (excludes halogenated alkanes) is 26. The van der Waals surface area contributed by atoms with Gasteiger partial charge in [0, 0.05) is 6.42 Å². The molecule has 0 spiro atoms. The maximum absolute atomic E-state index is 13.0. The highest BCUT2D eigenvalue weighted by molar-refractivity contribution is 5.76. The lowest BCUT2D eigenvalue weighted by atomic mass is 9.99. The first-order valence-electron chi connectivity index (χ1n) is 24.0. The summed E-state index contributed by atoms with van der Waals surface area (Å²) in [5, 5.41) is 54.4. The molecule has 7 atom stereocenters. The largest absolute Gasteiger partial charge is 0.394 e. The maximum atomic E-state index is 13.0. The van der Waals surface area contributed by atoms with E-state index in [0.717, 1.165) is 51.4 Å². The summed E-state index contributed by atoms with van der Waals surface area (Å²) in [6, 6.07) is -0.715. The van der Waals surface area contributed by atoms with E-state index >= 15 is 0 Å². The molecule has 0 saturated carbocycles. The van der Waals surface area contributed by atoms with Crippen molar-refractivity contribution in [2.24, 2.45) is 0 Å². The number of ether oxygens (including phenoxy) is 2. The Morgan fingerprint density at radius 3 is 1.60 bits per heavy atom. The smallest absolute Gasteiger partial charge is 0.220 e. The Bertz CT molecular complexity index is 945. The van der Waals surface area contributed by atoms with Gasteiger partial charge < -0.3 is 40.3 Å². The first-order chi connectivity index (χ1) is 27.8. The molecule has 1 heterocycles. The summed E-state index contributed by atoms with van der Waals surface area (Å²) in [7, 11) is 0. The lowest BCUT2D eigenvalue weighted by molar-refractivity contribution is -0.302. The minimum Gasteiger partial charge on any atom is -0.394 e. The van der Waals surface area contributed by atoms with Crippen molar-refractivity contribution in [2.75, 3.05) is 13.2 Å². The molecular formula is C48H91NO8. The predicted molar refractivity (Wildman–Crippen MR) is 235 cm³/mol. The minimum absolute atomic E-state index is 0.135. The van der Waals surface area contributed by atoms with Gasteiger partial charge in [-0.15, -0.1) is 0 Å². The number of rotatable bonds is 40. The average molecular weight is 810 g/mol. The fraction of sp³-hybridized carbons (Fsp3) is 0.896. The Balaban J connectivity index is 2.26. The van der Waals surface area contributed by atoms with Crippen LogP contribution in [0.15, 0.2) is 24.3 Å². The first kappa shape index (κ1) is 53.7. The highest BCUT2D eigenvalue weighted by Crippen LogP contribution is 2.23. The van der Waals surface area contributed by atoms with E-state index < -0.39 is 49.5 Å². The third kappa shape index (κ3) is 29.5. The SMILES string of the molecule is CC/C=C\C/C=C\CCCCCCCCCCCCCCCCC(=O)NC(COC1OC(CO)C(O)C(O)C1O)C(O)CCCCCCCCCCCCCCC. The van der Waals surface area contributed by atoms with E-state index in [2.05, 4.69) is 43.5 Å². The number of carbonyl (C=O) groups excluding carboxylic acids is 1. The van der Waals surface area contributed by atoms with E-state index in [1.54, 1.807) is 0 Å². The Morgan fingerprint density at radius 1 is 0.614 bits per heavy atom. The van der Waals surface area contributed by atoms with Crippen LogP contribution >= 0.6 is 0 Å². The lowest BCUT2D eigenvalue weighted by Gasteiger charge is -2.40. The number of hydrogen-bond acceptors (Lipinski definition) is 8. The number of hydrogen-bond donors (Lipinski definition) is 6. The van der Waals surface area contributed by atoms with Gasteiger partial charge in [-0.2, -0.15) is 0 Å². The van der Waals surface area contributed by atoms with Crippen LogP contribution in [-0.2, 0) is 14.3 Å². The molecule has 1 saturated heterocycles. The molecule has 0 aliphatic carbocycles. The zero-order valence-electron chi connectivity index (χ0n) is 36.9. The molecule has 1 aliphatic rings. The summed E-state index contributed by atoms with van der Waals surface area (Å²) in [4.78, 5) is 13.0. The zero-order valence-corrected chi connectivity index (χ0v) is 36.9. The molecule has 7 unspecified atom stereocenters. The molecule has 1 rings (SSSR count). The van der Waals surface area contributed by atoms with Gasteiger partial charge >= 0.3 is 0 Å². The molecule has 9 nitrogen and oxygen atoms in total. The molecule has 0 radical (unpaired) electrons. The normalized spacial score (nSPS) is 21.1. The van der Waals surface area contributed by atoms with Crippen molar-refractivity contribution in [3.8, 4) is 0 Å². The van der Waals surface area contributed by atoms with Crippen LogP contribution in [0, 0.1) is 0 Å². The van der Waals surface area contributed by atoms with Gasteiger partial charge in [-0.05, 0) is 38.5 Å². The Labute approximate surface area is 349 Å². The Hall–Kier alpha value is -1.33.